The average molecular weight is 414 g/mol. The van der Waals surface area contributed by atoms with E-state index in [4.69, 9.17) is 27.9 Å². The molecule has 2 saturated heterocycles. The number of nitrogens with zero attached hydrogens (tertiary/aromatic N) is 2. The molecule has 8 heteroatoms. The molecule has 0 spiro atoms. The van der Waals surface area contributed by atoms with Crippen LogP contribution in [0.4, 0.5) is 10.5 Å². The molecular weight excluding hydrogens is 389 g/mol. The molecule has 0 aromatic heterocycles. The van der Waals surface area contributed by atoms with Crippen molar-refractivity contribution in [2.45, 2.75) is 50.7 Å². The zero-order valence-corrected chi connectivity index (χ0v) is 16.9. The first-order valence-corrected chi connectivity index (χ1v) is 10.1. The number of carbonyl (C=O) groups excluding carboxylic acids is 2. The van der Waals surface area contributed by atoms with Gasteiger partial charge >= 0.3 is 6.09 Å². The number of nitrogens with one attached hydrogen (secondary N) is 1. The Bertz CT molecular complexity index is 674. The summed E-state index contributed by atoms with van der Waals surface area (Å²) in [6, 6.07) is 5.99. The molecule has 2 amide bonds. The number of hydrogen-bond acceptors (Lipinski definition) is 4. The molecule has 1 N–H and O–H groups in total. The van der Waals surface area contributed by atoms with Gasteiger partial charge in [-0.05, 0) is 50.8 Å². The number of benzene rings is 1. The van der Waals surface area contributed by atoms with E-state index in [0.717, 1.165) is 37.8 Å². The van der Waals surface area contributed by atoms with E-state index in [1.807, 2.05) is 11.8 Å². The Hall–Kier alpha value is -1.50. The maximum absolute atomic E-state index is 12.1. The fraction of sp³-hybridized carbons (Fsp3) is 0.579. The van der Waals surface area contributed by atoms with Crippen LogP contribution in [0.25, 0.3) is 0 Å². The van der Waals surface area contributed by atoms with Gasteiger partial charge < -0.3 is 19.9 Å². The van der Waals surface area contributed by atoms with E-state index < -0.39 is 0 Å². The lowest BCUT2D eigenvalue weighted by molar-refractivity contribution is -0.107. The summed E-state index contributed by atoms with van der Waals surface area (Å²) in [6.45, 7) is 3.45. The van der Waals surface area contributed by atoms with Crippen LogP contribution >= 0.6 is 23.2 Å². The lowest BCUT2D eigenvalue weighted by Crippen LogP contribution is -2.52. The Morgan fingerprint density at radius 3 is 2.59 bits per heavy atom. The number of ether oxygens (including phenoxy) is 1. The van der Waals surface area contributed by atoms with Gasteiger partial charge in [-0.3, -0.25) is 4.79 Å². The van der Waals surface area contributed by atoms with Crippen molar-refractivity contribution < 1.29 is 14.3 Å². The highest BCUT2D eigenvalue weighted by molar-refractivity contribution is 6.42. The molecule has 2 aliphatic heterocycles. The SMILES string of the molecule is CCOC(=O)N1C2CCC1CC(NCCN(C=O)c1ccc(Cl)c(Cl)c1)C2. The van der Waals surface area contributed by atoms with E-state index in [-0.39, 0.29) is 18.2 Å². The quantitative estimate of drug-likeness (QED) is 0.692. The van der Waals surface area contributed by atoms with Gasteiger partial charge in [-0.25, -0.2) is 4.79 Å². The minimum absolute atomic E-state index is 0.185. The molecule has 0 aliphatic carbocycles. The zero-order valence-electron chi connectivity index (χ0n) is 15.4. The van der Waals surface area contributed by atoms with Crippen LogP contribution in [-0.4, -0.2) is 55.2 Å². The van der Waals surface area contributed by atoms with Crippen LogP contribution in [-0.2, 0) is 9.53 Å². The highest BCUT2D eigenvalue weighted by atomic mass is 35.5. The van der Waals surface area contributed by atoms with Gasteiger partial charge in [0.15, 0.2) is 0 Å². The first-order valence-electron chi connectivity index (χ1n) is 9.39. The summed E-state index contributed by atoms with van der Waals surface area (Å²) in [6.07, 6.45) is 4.52. The number of anilines is 1. The summed E-state index contributed by atoms with van der Waals surface area (Å²) >= 11 is 12.0. The molecule has 148 valence electrons. The first-order chi connectivity index (χ1) is 13.0. The average Bonchev–Trinajstić information content (AvgIpc) is 2.92. The standard InChI is InChI=1S/C19H25Cl2N3O3/c1-2-27-19(26)24-15-3-4-16(24)10-13(9-15)22-7-8-23(12-25)14-5-6-17(20)18(21)11-14/h5-6,11-13,15-16,22H,2-4,7-10H2,1H3. The molecule has 3 rings (SSSR count). The van der Waals surface area contributed by atoms with Gasteiger partial charge in [0.1, 0.15) is 0 Å². The Morgan fingerprint density at radius 1 is 1.30 bits per heavy atom. The normalized spacial score (nSPS) is 24.0. The van der Waals surface area contributed by atoms with Crippen LogP contribution in [0.1, 0.15) is 32.6 Å². The molecule has 2 unspecified atom stereocenters. The number of hydrogen-bond donors (Lipinski definition) is 1. The number of carbonyl (C=O) groups is 2. The van der Waals surface area contributed by atoms with Crippen LogP contribution in [0.5, 0.6) is 0 Å². The second kappa shape index (κ2) is 9.13. The van der Waals surface area contributed by atoms with Crippen LogP contribution in [0, 0.1) is 0 Å². The zero-order chi connectivity index (χ0) is 19.4. The van der Waals surface area contributed by atoms with Gasteiger partial charge in [-0.15, -0.1) is 0 Å². The molecule has 1 aromatic carbocycles. The van der Waals surface area contributed by atoms with E-state index in [1.165, 1.54) is 0 Å². The first kappa shape index (κ1) is 20.2. The van der Waals surface area contributed by atoms with Gasteiger partial charge in [0.05, 0.1) is 16.7 Å². The second-order valence-corrected chi connectivity index (χ2v) is 7.83. The molecule has 0 radical (unpaired) electrons. The molecule has 27 heavy (non-hydrogen) atoms. The molecule has 2 fully saturated rings. The fourth-order valence-electron chi connectivity index (χ4n) is 4.14. The molecule has 2 atom stereocenters. The van der Waals surface area contributed by atoms with Crippen LogP contribution in [0.3, 0.4) is 0 Å². The van der Waals surface area contributed by atoms with E-state index in [9.17, 15) is 9.59 Å². The van der Waals surface area contributed by atoms with Crippen molar-refractivity contribution in [3.8, 4) is 0 Å². The Balaban J connectivity index is 1.50. The Morgan fingerprint density at radius 2 is 2.00 bits per heavy atom. The molecule has 0 saturated carbocycles. The number of rotatable bonds is 7. The summed E-state index contributed by atoms with van der Waals surface area (Å²) in [4.78, 5) is 27.1. The molecule has 2 aliphatic rings. The number of amides is 2. The van der Waals surface area contributed by atoms with Crippen molar-refractivity contribution in [1.82, 2.24) is 10.2 Å². The summed E-state index contributed by atoms with van der Waals surface area (Å²) in [5.41, 5.74) is 0.721. The molecular formula is C19H25Cl2N3O3. The third-order valence-electron chi connectivity index (χ3n) is 5.36. The summed E-state index contributed by atoms with van der Waals surface area (Å²) in [7, 11) is 0. The minimum atomic E-state index is -0.185. The molecule has 2 heterocycles. The number of fused-ring (bicyclic) bond motifs is 2. The van der Waals surface area contributed by atoms with Gasteiger partial charge in [-0.1, -0.05) is 23.2 Å². The summed E-state index contributed by atoms with van der Waals surface area (Å²) in [5, 5.41) is 4.43. The van der Waals surface area contributed by atoms with Crippen molar-refractivity contribution in [2.75, 3.05) is 24.6 Å². The minimum Gasteiger partial charge on any atom is -0.450 e. The summed E-state index contributed by atoms with van der Waals surface area (Å²) < 4.78 is 5.19. The monoisotopic (exact) mass is 413 g/mol. The Kier molecular flexibility index (Phi) is 6.84. The van der Waals surface area contributed by atoms with Crippen molar-refractivity contribution in [3.05, 3.63) is 28.2 Å². The third kappa shape index (κ3) is 4.68. The predicted molar refractivity (Wildman–Crippen MR) is 107 cm³/mol. The van der Waals surface area contributed by atoms with Crippen LogP contribution in [0.15, 0.2) is 18.2 Å². The largest absolute Gasteiger partial charge is 0.450 e. The smallest absolute Gasteiger partial charge is 0.410 e. The number of piperidine rings is 1. The summed E-state index contributed by atoms with van der Waals surface area (Å²) in [5.74, 6) is 0. The highest BCUT2D eigenvalue weighted by Crippen LogP contribution is 2.36. The predicted octanol–water partition coefficient (Wildman–Crippen LogP) is 3.70. The van der Waals surface area contributed by atoms with Gasteiger partial charge in [0, 0.05) is 36.9 Å². The van der Waals surface area contributed by atoms with Crippen LogP contribution < -0.4 is 10.2 Å². The maximum Gasteiger partial charge on any atom is 0.410 e. The van der Waals surface area contributed by atoms with Crippen molar-refractivity contribution in [3.63, 3.8) is 0 Å². The van der Waals surface area contributed by atoms with E-state index in [0.29, 0.717) is 35.8 Å². The molecule has 1 aromatic rings. The van der Waals surface area contributed by atoms with Gasteiger partial charge in [-0.2, -0.15) is 0 Å². The maximum atomic E-state index is 12.1. The van der Waals surface area contributed by atoms with Crippen LogP contribution in [0.2, 0.25) is 10.0 Å². The highest BCUT2D eigenvalue weighted by Gasteiger charge is 2.43. The lowest BCUT2D eigenvalue weighted by atomic mass is 9.98. The lowest BCUT2D eigenvalue weighted by Gasteiger charge is -2.38. The van der Waals surface area contributed by atoms with E-state index in [1.54, 1.807) is 23.1 Å². The van der Waals surface area contributed by atoms with Crippen molar-refractivity contribution in [1.29, 1.82) is 0 Å². The van der Waals surface area contributed by atoms with Gasteiger partial charge in [0.2, 0.25) is 6.41 Å². The second-order valence-electron chi connectivity index (χ2n) is 7.01. The van der Waals surface area contributed by atoms with Gasteiger partial charge in [0.25, 0.3) is 0 Å². The van der Waals surface area contributed by atoms with E-state index >= 15 is 0 Å². The number of halogens is 2. The fourth-order valence-corrected chi connectivity index (χ4v) is 4.43. The topological polar surface area (TPSA) is 61.9 Å². The van der Waals surface area contributed by atoms with E-state index in [2.05, 4.69) is 5.32 Å². The Labute approximate surface area is 169 Å². The third-order valence-corrected chi connectivity index (χ3v) is 6.10. The molecule has 6 nitrogen and oxygen atoms in total. The van der Waals surface area contributed by atoms with Crippen molar-refractivity contribution in [2.24, 2.45) is 0 Å². The molecule has 2 bridgehead atoms. The van der Waals surface area contributed by atoms with Crippen molar-refractivity contribution >= 4 is 41.4 Å².